The van der Waals surface area contributed by atoms with Crippen LogP contribution in [0.25, 0.3) is 11.3 Å². The number of ether oxygens (including phenoxy) is 1. The molecule has 0 aliphatic carbocycles. The maximum Gasteiger partial charge on any atom is 0.163 e. The topological polar surface area (TPSA) is 50.8 Å². The van der Waals surface area contributed by atoms with Crippen molar-refractivity contribution in [3.63, 3.8) is 0 Å². The number of hydrogen-bond donors (Lipinski definition) is 0. The summed E-state index contributed by atoms with van der Waals surface area (Å²) < 4.78 is 6.78. The van der Waals surface area contributed by atoms with Gasteiger partial charge in [0.05, 0.1) is 12.8 Å². The van der Waals surface area contributed by atoms with Gasteiger partial charge in [0.2, 0.25) is 0 Å². The van der Waals surface area contributed by atoms with Crippen LogP contribution in [-0.2, 0) is 7.05 Å². The van der Waals surface area contributed by atoms with E-state index in [2.05, 4.69) is 5.10 Å². The van der Waals surface area contributed by atoms with Crippen LogP contribution in [0.15, 0.2) is 30.3 Å². The molecule has 0 unspecified atom stereocenters. The molecule has 0 fully saturated rings. The molecule has 0 N–H and O–H groups in total. The average Bonchev–Trinajstić information content (AvgIpc) is 2.71. The van der Waals surface area contributed by atoms with Gasteiger partial charge in [0.15, 0.2) is 5.69 Å². The second-order valence-corrected chi connectivity index (χ2v) is 3.38. The van der Waals surface area contributed by atoms with E-state index in [1.54, 1.807) is 17.9 Å². The van der Waals surface area contributed by atoms with Gasteiger partial charge in [-0.15, -0.1) is 0 Å². The molecular formula is C12H11N3O. The average molecular weight is 213 g/mol. The molecule has 2 rings (SSSR count). The highest BCUT2D eigenvalue weighted by Crippen LogP contribution is 2.22. The lowest BCUT2D eigenvalue weighted by atomic mass is 10.1. The Morgan fingerprint density at radius 3 is 2.50 bits per heavy atom. The summed E-state index contributed by atoms with van der Waals surface area (Å²) in [4.78, 5) is 0. The van der Waals surface area contributed by atoms with Gasteiger partial charge in [-0.25, -0.2) is 0 Å². The van der Waals surface area contributed by atoms with Gasteiger partial charge in [-0.05, 0) is 24.3 Å². The van der Waals surface area contributed by atoms with Crippen molar-refractivity contribution < 1.29 is 4.74 Å². The van der Waals surface area contributed by atoms with E-state index in [4.69, 9.17) is 10.00 Å². The van der Waals surface area contributed by atoms with Crippen LogP contribution >= 0.6 is 0 Å². The normalized spacial score (nSPS) is 9.81. The Hall–Kier alpha value is -2.28. The highest BCUT2D eigenvalue weighted by atomic mass is 16.5. The van der Waals surface area contributed by atoms with Crippen LogP contribution in [0.5, 0.6) is 5.75 Å². The summed E-state index contributed by atoms with van der Waals surface area (Å²) in [5.74, 6) is 0.812. The minimum Gasteiger partial charge on any atom is -0.497 e. The second-order valence-electron chi connectivity index (χ2n) is 3.38. The predicted octanol–water partition coefficient (Wildman–Crippen LogP) is 1.97. The zero-order chi connectivity index (χ0) is 11.5. The van der Waals surface area contributed by atoms with Gasteiger partial charge >= 0.3 is 0 Å². The molecule has 0 saturated heterocycles. The van der Waals surface area contributed by atoms with Crippen LogP contribution in [0.4, 0.5) is 0 Å². The third-order valence-electron chi connectivity index (χ3n) is 2.38. The molecule has 4 nitrogen and oxygen atoms in total. The summed E-state index contributed by atoms with van der Waals surface area (Å²) in [6.07, 6.45) is 0. The molecule has 0 bridgehead atoms. The van der Waals surface area contributed by atoms with Gasteiger partial charge < -0.3 is 4.74 Å². The quantitative estimate of drug-likeness (QED) is 0.766. The molecule has 4 heteroatoms. The number of nitriles is 1. The molecule has 0 spiro atoms. The van der Waals surface area contributed by atoms with Crippen LogP contribution in [0.3, 0.4) is 0 Å². The Morgan fingerprint density at radius 2 is 2.00 bits per heavy atom. The summed E-state index contributed by atoms with van der Waals surface area (Å²) >= 11 is 0. The molecule has 80 valence electrons. The van der Waals surface area contributed by atoms with E-state index < -0.39 is 0 Å². The minimum atomic E-state index is 0.424. The highest BCUT2D eigenvalue weighted by Gasteiger charge is 2.06. The zero-order valence-corrected chi connectivity index (χ0v) is 9.14. The third kappa shape index (κ3) is 1.75. The monoisotopic (exact) mass is 213 g/mol. The van der Waals surface area contributed by atoms with Gasteiger partial charge in [0.1, 0.15) is 11.8 Å². The Kier molecular flexibility index (Phi) is 2.61. The van der Waals surface area contributed by atoms with Crippen LogP contribution in [0, 0.1) is 11.3 Å². The van der Waals surface area contributed by atoms with E-state index >= 15 is 0 Å². The Bertz CT molecular complexity index is 534. The molecule has 1 aromatic carbocycles. The summed E-state index contributed by atoms with van der Waals surface area (Å²) in [5, 5.41) is 12.8. The van der Waals surface area contributed by atoms with Crippen molar-refractivity contribution in [3.8, 4) is 23.1 Å². The lowest BCUT2D eigenvalue weighted by Gasteiger charge is -2.03. The molecule has 0 radical (unpaired) electrons. The zero-order valence-electron chi connectivity index (χ0n) is 9.14. The van der Waals surface area contributed by atoms with E-state index in [1.807, 2.05) is 37.4 Å². The molecule has 16 heavy (non-hydrogen) atoms. The summed E-state index contributed by atoms with van der Waals surface area (Å²) in [6, 6.07) is 11.4. The molecule has 0 aliphatic heterocycles. The fourth-order valence-electron chi connectivity index (χ4n) is 1.55. The fourth-order valence-corrected chi connectivity index (χ4v) is 1.55. The van der Waals surface area contributed by atoms with Gasteiger partial charge in [0.25, 0.3) is 0 Å². The van der Waals surface area contributed by atoms with E-state index in [-0.39, 0.29) is 0 Å². The number of aryl methyl sites for hydroxylation is 1. The highest BCUT2D eigenvalue weighted by molar-refractivity contribution is 5.61. The third-order valence-corrected chi connectivity index (χ3v) is 2.38. The van der Waals surface area contributed by atoms with Gasteiger partial charge in [-0.1, -0.05) is 0 Å². The lowest BCUT2D eigenvalue weighted by molar-refractivity contribution is 0.415. The van der Waals surface area contributed by atoms with E-state index in [1.165, 1.54) is 0 Å². The Balaban J connectivity index is 2.42. The van der Waals surface area contributed by atoms with Crippen molar-refractivity contribution in [2.45, 2.75) is 0 Å². The van der Waals surface area contributed by atoms with Crippen molar-refractivity contribution in [1.82, 2.24) is 9.78 Å². The second kappa shape index (κ2) is 4.07. The number of benzene rings is 1. The van der Waals surface area contributed by atoms with E-state index in [9.17, 15) is 0 Å². The van der Waals surface area contributed by atoms with Gasteiger partial charge in [-0.2, -0.15) is 10.4 Å². The van der Waals surface area contributed by atoms with E-state index in [0.717, 1.165) is 17.0 Å². The molecule has 0 atom stereocenters. The largest absolute Gasteiger partial charge is 0.497 e. The molecule has 1 heterocycles. The van der Waals surface area contributed by atoms with Crippen molar-refractivity contribution in [2.75, 3.05) is 7.11 Å². The van der Waals surface area contributed by atoms with Crippen LogP contribution in [0.1, 0.15) is 5.69 Å². The van der Waals surface area contributed by atoms with Crippen molar-refractivity contribution >= 4 is 0 Å². The fraction of sp³-hybridized carbons (Fsp3) is 0.167. The van der Waals surface area contributed by atoms with E-state index in [0.29, 0.717) is 5.69 Å². The molecule has 0 amide bonds. The first-order chi connectivity index (χ1) is 7.74. The SMILES string of the molecule is COc1ccc(-c2cc(C#N)nn2C)cc1. The summed E-state index contributed by atoms with van der Waals surface area (Å²) in [6.45, 7) is 0. The predicted molar refractivity (Wildman–Crippen MR) is 59.9 cm³/mol. The number of methoxy groups -OCH3 is 1. The van der Waals surface area contributed by atoms with Crippen LogP contribution in [0.2, 0.25) is 0 Å². The Labute approximate surface area is 93.7 Å². The first-order valence-corrected chi connectivity index (χ1v) is 4.83. The number of aromatic nitrogens is 2. The van der Waals surface area contributed by atoms with Crippen molar-refractivity contribution in [1.29, 1.82) is 5.26 Å². The maximum atomic E-state index is 8.76. The standard InChI is InChI=1S/C12H11N3O/c1-15-12(7-10(8-13)14-15)9-3-5-11(16-2)6-4-9/h3-7H,1-2H3. The lowest BCUT2D eigenvalue weighted by Crippen LogP contribution is -1.93. The summed E-state index contributed by atoms with van der Waals surface area (Å²) in [7, 11) is 3.45. The first-order valence-electron chi connectivity index (χ1n) is 4.83. The number of nitrogens with zero attached hydrogens (tertiary/aromatic N) is 3. The smallest absolute Gasteiger partial charge is 0.163 e. The van der Waals surface area contributed by atoms with Crippen LogP contribution in [-0.4, -0.2) is 16.9 Å². The van der Waals surface area contributed by atoms with Gasteiger partial charge in [-0.3, -0.25) is 4.68 Å². The number of rotatable bonds is 2. The minimum absolute atomic E-state index is 0.424. The maximum absolute atomic E-state index is 8.76. The van der Waals surface area contributed by atoms with Crippen LogP contribution < -0.4 is 4.74 Å². The summed E-state index contributed by atoms with van der Waals surface area (Å²) in [5.41, 5.74) is 2.35. The Morgan fingerprint density at radius 1 is 1.31 bits per heavy atom. The van der Waals surface area contributed by atoms with Crippen molar-refractivity contribution in [2.24, 2.45) is 7.05 Å². The molecule has 0 saturated carbocycles. The first kappa shape index (κ1) is 10.2. The number of hydrogen-bond acceptors (Lipinski definition) is 3. The molecular weight excluding hydrogens is 202 g/mol. The molecule has 1 aromatic heterocycles. The van der Waals surface area contributed by atoms with Crippen molar-refractivity contribution in [3.05, 3.63) is 36.0 Å². The van der Waals surface area contributed by atoms with Gasteiger partial charge in [0, 0.05) is 18.7 Å². The molecule has 0 aliphatic rings. The molecule has 2 aromatic rings.